The summed E-state index contributed by atoms with van der Waals surface area (Å²) in [6.45, 7) is 6.29. The Hall–Kier alpha value is -2.00. The number of benzene rings is 2. The Morgan fingerprint density at radius 1 is 1.14 bits per heavy atom. The summed E-state index contributed by atoms with van der Waals surface area (Å²) in [6.07, 6.45) is 0. The predicted octanol–water partition coefficient (Wildman–Crippen LogP) is 3.27. The van der Waals surface area contributed by atoms with Crippen LogP contribution in [-0.2, 0) is 6.54 Å². The topological polar surface area (TPSA) is 21.7 Å². The zero-order valence-electron chi connectivity index (χ0n) is 12.4. The van der Waals surface area contributed by atoms with E-state index in [0.29, 0.717) is 6.61 Å². The van der Waals surface area contributed by atoms with Gasteiger partial charge in [0.15, 0.2) is 0 Å². The Kier molecular flexibility index (Phi) is 4.41. The first-order valence-electron chi connectivity index (χ1n) is 7.44. The highest BCUT2D eigenvalue weighted by atomic mass is 16.5. The van der Waals surface area contributed by atoms with Crippen LogP contribution in [0.4, 0.5) is 0 Å². The zero-order chi connectivity index (χ0) is 14.5. The van der Waals surface area contributed by atoms with E-state index < -0.39 is 0 Å². The summed E-state index contributed by atoms with van der Waals surface area (Å²) < 4.78 is 11.6. The Morgan fingerprint density at radius 2 is 2.05 bits per heavy atom. The van der Waals surface area contributed by atoms with Gasteiger partial charge in [-0.25, -0.2) is 0 Å². The summed E-state index contributed by atoms with van der Waals surface area (Å²) in [5, 5.41) is 0. The molecule has 21 heavy (non-hydrogen) atoms. The van der Waals surface area contributed by atoms with E-state index in [9.17, 15) is 0 Å². The van der Waals surface area contributed by atoms with Crippen molar-refractivity contribution >= 4 is 0 Å². The maximum absolute atomic E-state index is 5.84. The zero-order valence-corrected chi connectivity index (χ0v) is 12.4. The monoisotopic (exact) mass is 283 g/mol. The molecule has 0 aromatic heterocycles. The van der Waals surface area contributed by atoms with Crippen molar-refractivity contribution in [3.05, 3.63) is 59.7 Å². The summed E-state index contributed by atoms with van der Waals surface area (Å²) in [4.78, 5) is 2.38. The summed E-state index contributed by atoms with van der Waals surface area (Å²) >= 11 is 0. The summed E-state index contributed by atoms with van der Waals surface area (Å²) in [7, 11) is 0. The van der Waals surface area contributed by atoms with E-state index in [4.69, 9.17) is 9.47 Å². The van der Waals surface area contributed by atoms with Gasteiger partial charge in [0.2, 0.25) is 0 Å². The van der Waals surface area contributed by atoms with Crippen molar-refractivity contribution in [2.45, 2.75) is 13.5 Å². The van der Waals surface area contributed by atoms with Crippen LogP contribution >= 0.6 is 0 Å². The second-order valence-corrected chi connectivity index (χ2v) is 5.40. The van der Waals surface area contributed by atoms with Gasteiger partial charge in [-0.3, -0.25) is 4.90 Å². The van der Waals surface area contributed by atoms with Gasteiger partial charge in [0.05, 0.1) is 0 Å². The number of ether oxygens (including phenoxy) is 2. The van der Waals surface area contributed by atoms with E-state index >= 15 is 0 Å². The minimum absolute atomic E-state index is 0.700. The van der Waals surface area contributed by atoms with E-state index in [0.717, 1.165) is 37.7 Å². The molecule has 3 nitrogen and oxygen atoms in total. The summed E-state index contributed by atoms with van der Waals surface area (Å²) in [6, 6.07) is 16.5. The largest absolute Gasteiger partial charge is 0.492 e. The van der Waals surface area contributed by atoms with Crippen LogP contribution in [0.25, 0.3) is 0 Å². The Bertz CT molecular complexity index is 597. The lowest BCUT2D eigenvalue weighted by atomic mass is 10.2. The number of hydrogen-bond donors (Lipinski definition) is 0. The molecule has 1 heterocycles. The molecule has 3 rings (SSSR count). The van der Waals surface area contributed by atoms with Gasteiger partial charge in [0.1, 0.15) is 24.7 Å². The molecule has 0 fully saturated rings. The van der Waals surface area contributed by atoms with Gasteiger partial charge < -0.3 is 9.47 Å². The van der Waals surface area contributed by atoms with Crippen LogP contribution in [-0.4, -0.2) is 31.2 Å². The molecule has 0 atom stereocenters. The van der Waals surface area contributed by atoms with Crippen molar-refractivity contribution < 1.29 is 9.47 Å². The molecule has 0 radical (unpaired) electrons. The number of hydrogen-bond acceptors (Lipinski definition) is 3. The number of para-hydroxylation sites is 1. The second kappa shape index (κ2) is 6.64. The quantitative estimate of drug-likeness (QED) is 0.859. The normalized spacial score (nSPS) is 14.9. The molecule has 2 aromatic rings. The SMILES string of the molecule is Cc1cccc(OCCN2CCOc3ccccc3C2)c1. The minimum Gasteiger partial charge on any atom is -0.492 e. The lowest BCUT2D eigenvalue weighted by molar-refractivity contribution is 0.186. The van der Waals surface area contributed by atoms with Gasteiger partial charge in [0, 0.05) is 25.2 Å². The molecular weight excluding hydrogens is 262 g/mol. The van der Waals surface area contributed by atoms with E-state index in [1.54, 1.807) is 0 Å². The molecule has 0 N–H and O–H groups in total. The van der Waals surface area contributed by atoms with Crippen molar-refractivity contribution in [1.82, 2.24) is 4.90 Å². The van der Waals surface area contributed by atoms with Crippen molar-refractivity contribution in [3.63, 3.8) is 0 Å². The predicted molar refractivity (Wildman–Crippen MR) is 83.9 cm³/mol. The molecule has 0 amide bonds. The van der Waals surface area contributed by atoms with Crippen LogP contribution in [0.2, 0.25) is 0 Å². The van der Waals surface area contributed by atoms with Crippen molar-refractivity contribution in [3.8, 4) is 11.5 Å². The Morgan fingerprint density at radius 3 is 2.95 bits per heavy atom. The maximum atomic E-state index is 5.84. The summed E-state index contributed by atoms with van der Waals surface area (Å²) in [5.74, 6) is 1.96. The van der Waals surface area contributed by atoms with Gasteiger partial charge in [-0.15, -0.1) is 0 Å². The van der Waals surface area contributed by atoms with Gasteiger partial charge in [-0.05, 0) is 30.7 Å². The molecule has 0 bridgehead atoms. The molecule has 3 heteroatoms. The fraction of sp³-hybridized carbons (Fsp3) is 0.333. The van der Waals surface area contributed by atoms with Crippen LogP contribution in [0.1, 0.15) is 11.1 Å². The fourth-order valence-electron chi connectivity index (χ4n) is 2.57. The van der Waals surface area contributed by atoms with Crippen molar-refractivity contribution in [2.75, 3.05) is 26.3 Å². The van der Waals surface area contributed by atoms with E-state index in [2.05, 4.69) is 36.1 Å². The molecule has 0 aliphatic carbocycles. The molecule has 2 aromatic carbocycles. The molecule has 0 unspecified atom stereocenters. The smallest absolute Gasteiger partial charge is 0.123 e. The van der Waals surface area contributed by atoms with Crippen LogP contribution in [0.5, 0.6) is 11.5 Å². The standard InChI is InChI=1S/C18H21NO2/c1-15-5-4-7-17(13-15)20-11-9-19-10-12-21-18-8-3-2-6-16(18)14-19/h2-8,13H,9-12,14H2,1H3. The van der Waals surface area contributed by atoms with Crippen LogP contribution in [0.15, 0.2) is 48.5 Å². The number of nitrogens with zero attached hydrogens (tertiary/aromatic N) is 1. The maximum Gasteiger partial charge on any atom is 0.123 e. The molecule has 1 aliphatic rings. The van der Waals surface area contributed by atoms with Crippen molar-refractivity contribution in [1.29, 1.82) is 0 Å². The van der Waals surface area contributed by atoms with Gasteiger partial charge >= 0.3 is 0 Å². The molecule has 0 saturated carbocycles. The highest BCUT2D eigenvalue weighted by molar-refractivity contribution is 5.33. The average Bonchev–Trinajstić information content (AvgIpc) is 2.69. The van der Waals surface area contributed by atoms with Crippen LogP contribution in [0.3, 0.4) is 0 Å². The van der Waals surface area contributed by atoms with E-state index in [-0.39, 0.29) is 0 Å². The minimum atomic E-state index is 0.700. The molecular formula is C18H21NO2. The van der Waals surface area contributed by atoms with Gasteiger partial charge in [0.25, 0.3) is 0 Å². The first-order chi connectivity index (χ1) is 10.3. The lowest BCUT2D eigenvalue weighted by Crippen LogP contribution is -2.30. The van der Waals surface area contributed by atoms with E-state index in [1.165, 1.54) is 11.1 Å². The third kappa shape index (κ3) is 3.76. The molecule has 1 aliphatic heterocycles. The van der Waals surface area contributed by atoms with Gasteiger partial charge in [-0.1, -0.05) is 30.3 Å². The highest BCUT2D eigenvalue weighted by Gasteiger charge is 2.14. The Labute approximate surface area is 126 Å². The number of fused-ring (bicyclic) bond motifs is 1. The first kappa shape index (κ1) is 14.0. The third-order valence-corrected chi connectivity index (χ3v) is 3.70. The lowest BCUT2D eigenvalue weighted by Gasteiger charge is -2.19. The number of rotatable bonds is 4. The molecule has 0 saturated heterocycles. The highest BCUT2D eigenvalue weighted by Crippen LogP contribution is 2.22. The number of aryl methyl sites for hydroxylation is 1. The van der Waals surface area contributed by atoms with Gasteiger partial charge in [-0.2, -0.15) is 0 Å². The van der Waals surface area contributed by atoms with E-state index in [1.807, 2.05) is 24.3 Å². The summed E-state index contributed by atoms with van der Waals surface area (Å²) in [5.41, 5.74) is 2.48. The van der Waals surface area contributed by atoms with Crippen LogP contribution in [0, 0.1) is 6.92 Å². The Balaban J connectivity index is 1.54. The second-order valence-electron chi connectivity index (χ2n) is 5.40. The molecule has 0 spiro atoms. The molecule has 110 valence electrons. The third-order valence-electron chi connectivity index (χ3n) is 3.70. The van der Waals surface area contributed by atoms with Crippen molar-refractivity contribution in [2.24, 2.45) is 0 Å². The fourth-order valence-corrected chi connectivity index (χ4v) is 2.57. The first-order valence-corrected chi connectivity index (χ1v) is 7.44. The average molecular weight is 283 g/mol. The van der Waals surface area contributed by atoms with Crippen LogP contribution < -0.4 is 9.47 Å².